The van der Waals surface area contributed by atoms with Gasteiger partial charge in [-0.15, -0.1) is 0 Å². The van der Waals surface area contributed by atoms with E-state index in [-0.39, 0.29) is 18.4 Å². The van der Waals surface area contributed by atoms with Gasteiger partial charge in [0, 0.05) is 32.2 Å². The summed E-state index contributed by atoms with van der Waals surface area (Å²) < 4.78 is 0. The molecule has 1 aliphatic heterocycles. The second-order valence-corrected chi connectivity index (χ2v) is 6.75. The zero-order valence-electron chi connectivity index (χ0n) is 14.7. The first-order chi connectivity index (χ1) is 12.1. The van der Waals surface area contributed by atoms with Gasteiger partial charge in [0.15, 0.2) is 0 Å². The molecule has 0 aromatic carbocycles. The summed E-state index contributed by atoms with van der Waals surface area (Å²) in [5, 5.41) is 6.12. The van der Waals surface area contributed by atoms with Gasteiger partial charge in [0.2, 0.25) is 11.8 Å². The highest BCUT2D eigenvalue weighted by molar-refractivity contribution is 5.82. The van der Waals surface area contributed by atoms with Gasteiger partial charge >= 0.3 is 0 Å². The second-order valence-electron chi connectivity index (χ2n) is 6.75. The van der Waals surface area contributed by atoms with Crippen LogP contribution in [-0.4, -0.2) is 66.0 Å². The van der Waals surface area contributed by atoms with Gasteiger partial charge in [0.1, 0.15) is 18.0 Å². The summed E-state index contributed by atoms with van der Waals surface area (Å²) in [6, 6.07) is 2.09. The maximum atomic E-state index is 12.1. The van der Waals surface area contributed by atoms with Crippen LogP contribution in [0.25, 0.3) is 0 Å². The average molecular weight is 346 g/mol. The predicted molar refractivity (Wildman–Crippen MR) is 95.4 cm³/mol. The lowest BCUT2D eigenvalue weighted by Crippen LogP contribution is -2.48. The molecule has 0 radical (unpaired) electrons. The van der Waals surface area contributed by atoms with Crippen LogP contribution in [0.2, 0.25) is 0 Å². The Morgan fingerprint density at radius 3 is 2.80 bits per heavy atom. The molecule has 0 unspecified atom stereocenters. The number of amides is 2. The zero-order chi connectivity index (χ0) is 17.6. The third kappa shape index (κ3) is 4.80. The number of nitrogens with zero attached hydrogens (tertiary/aromatic N) is 4. The van der Waals surface area contributed by atoms with E-state index in [0.717, 1.165) is 19.4 Å². The molecule has 2 heterocycles. The van der Waals surface area contributed by atoms with Crippen molar-refractivity contribution in [2.45, 2.75) is 38.1 Å². The molecule has 0 atom stereocenters. The van der Waals surface area contributed by atoms with Crippen molar-refractivity contribution in [2.24, 2.45) is 0 Å². The Morgan fingerprint density at radius 1 is 1.24 bits per heavy atom. The SMILES string of the molecule is CN1CCN(c2cc(NCC(=O)NC3CCCCC3)ncn2)CC1=O. The van der Waals surface area contributed by atoms with E-state index in [1.165, 1.54) is 25.6 Å². The molecule has 1 aromatic heterocycles. The van der Waals surface area contributed by atoms with Crippen LogP contribution in [0.5, 0.6) is 0 Å². The minimum absolute atomic E-state index is 0.0122. The fourth-order valence-electron chi connectivity index (χ4n) is 3.27. The van der Waals surface area contributed by atoms with Crippen molar-refractivity contribution in [2.75, 3.05) is 43.4 Å². The summed E-state index contributed by atoms with van der Waals surface area (Å²) >= 11 is 0. The molecule has 8 heteroatoms. The first-order valence-corrected chi connectivity index (χ1v) is 8.96. The van der Waals surface area contributed by atoms with E-state index < -0.39 is 0 Å². The standard InChI is InChI=1S/C17H26N6O2/c1-22-7-8-23(11-17(22)25)15-9-14(19-12-20-15)18-10-16(24)21-13-5-3-2-4-6-13/h9,12-13H,2-8,10-11H2,1H3,(H,21,24)(H,18,19,20). The molecule has 2 fully saturated rings. The number of carbonyl (C=O) groups excluding carboxylic acids is 2. The van der Waals surface area contributed by atoms with Crippen molar-refractivity contribution in [1.29, 1.82) is 0 Å². The van der Waals surface area contributed by atoms with E-state index in [2.05, 4.69) is 20.6 Å². The first kappa shape index (κ1) is 17.4. The Balaban J connectivity index is 1.51. The summed E-state index contributed by atoms with van der Waals surface area (Å²) in [6.07, 6.45) is 7.25. The minimum atomic E-state index is -0.0122. The van der Waals surface area contributed by atoms with Crippen LogP contribution in [0, 0.1) is 0 Å². The summed E-state index contributed by atoms with van der Waals surface area (Å²) in [7, 11) is 1.80. The predicted octanol–water partition coefficient (Wildman–Crippen LogP) is 0.616. The van der Waals surface area contributed by atoms with Crippen molar-refractivity contribution in [3.63, 3.8) is 0 Å². The van der Waals surface area contributed by atoms with Crippen molar-refractivity contribution in [1.82, 2.24) is 20.2 Å². The average Bonchev–Trinajstić information content (AvgIpc) is 2.63. The van der Waals surface area contributed by atoms with Crippen molar-refractivity contribution in [3.05, 3.63) is 12.4 Å². The maximum Gasteiger partial charge on any atom is 0.241 e. The number of aromatic nitrogens is 2. The van der Waals surface area contributed by atoms with Gasteiger partial charge in [-0.3, -0.25) is 9.59 Å². The van der Waals surface area contributed by atoms with E-state index >= 15 is 0 Å². The molecule has 2 amide bonds. The van der Waals surface area contributed by atoms with Gasteiger partial charge in [-0.25, -0.2) is 9.97 Å². The number of hydrogen-bond acceptors (Lipinski definition) is 6. The van der Waals surface area contributed by atoms with Crippen molar-refractivity contribution < 1.29 is 9.59 Å². The molecule has 136 valence electrons. The molecular weight excluding hydrogens is 320 g/mol. The van der Waals surface area contributed by atoms with Gasteiger partial charge < -0.3 is 20.4 Å². The third-order valence-corrected chi connectivity index (χ3v) is 4.83. The van der Waals surface area contributed by atoms with E-state index in [1.54, 1.807) is 18.0 Å². The number of anilines is 2. The van der Waals surface area contributed by atoms with E-state index in [9.17, 15) is 9.59 Å². The van der Waals surface area contributed by atoms with Crippen LogP contribution in [0.4, 0.5) is 11.6 Å². The quantitative estimate of drug-likeness (QED) is 0.812. The van der Waals surface area contributed by atoms with Gasteiger partial charge in [0.05, 0.1) is 13.1 Å². The second kappa shape index (κ2) is 8.13. The molecule has 1 aromatic rings. The smallest absolute Gasteiger partial charge is 0.241 e. The Labute approximate surface area is 148 Å². The topological polar surface area (TPSA) is 90.5 Å². The van der Waals surface area contributed by atoms with Gasteiger partial charge in [-0.2, -0.15) is 0 Å². The van der Waals surface area contributed by atoms with E-state index in [4.69, 9.17) is 0 Å². The molecule has 3 rings (SSSR count). The number of rotatable bonds is 5. The summed E-state index contributed by atoms with van der Waals surface area (Å²) in [4.78, 5) is 36.0. The first-order valence-electron chi connectivity index (χ1n) is 8.96. The highest BCUT2D eigenvalue weighted by Crippen LogP contribution is 2.18. The molecule has 1 saturated carbocycles. The molecule has 8 nitrogen and oxygen atoms in total. The van der Waals surface area contributed by atoms with Gasteiger partial charge in [0.25, 0.3) is 0 Å². The largest absolute Gasteiger partial charge is 0.361 e. The van der Waals surface area contributed by atoms with Crippen molar-refractivity contribution >= 4 is 23.5 Å². The molecule has 25 heavy (non-hydrogen) atoms. The van der Waals surface area contributed by atoms with Crippen LogP contribution >= 0.6 is 0 Å². The van der Waals surface area contributed by atoms with Crippen LogP contribution < -0.4 is 15.5 Å². The fourth-order valence-corrected chi connectivity index (χ4v) is 3.27. The Bertz CT molecular complexity index is 617. The molecule has 0 spiro atoms. The molecule has 2 N–H and O–H groups in total. The number of piperazine rings is 1. The highest BCUT2D eigenvalue weighted by atomic mass is 16.2. The minimum Gasteiger partial charge on any atom is -0.361 e. The fraction of sp³-hybridized carbons (Fsp3) is 0.647. The molecule has 1 aliphatic carbocycles. The number of nitrogens with one attached hydrogen (secondary N) is 2. The number of carbonyl (C=O) groups is 2. The molecule has 0 bridgehead atoms. The highest BCUT2D eigenvalue weighted by Gasteiger charge is 2.22. The Kier molecular flexibility index (Phi) is 5.67. The summed E-state index contributed by atoms with van der Waals surface area (Å²) in [5.41, 5.74) is 0. The van der Waals surface area contributed by atoms with E-state index in [0.29, 0.717) is 30.8 Å². The third-order valence-electron chi connectivity index (χ3n) is 4.83. The number of hydrogen-bond donors (Lipinski definition) is 2. The lowest BCUT2D eigenvalue weighted by atomic mass is 9.95. The van der Waals surface area contributed by atoms with Crippen molar-refractivity contribution in [3.8, 4) is 0 Å². The monoisotopic (exact) mass is 346 g/mol. The van der Waals surface area contributed by atoms with E-state index in [1.807, 2.05) is 4.90 Å². The Morgan fingerprint density at radius 2 is 2.04 bits per heavy atom. The normalized spacial score (nSPS) is 19.0. The summed E-state index contributed by atoms with van der Waals surface area (Å²) in [5.74, 6) is 1.36. The lowest BCUT2D eigenvalue weighted by molar-refractivity contribution is -0.129. The van der Waals surface area contributed by atoms with Gasteiger partial charge in [-0.05, 0) is 12.8 Å². The van der Waals surface area contributed by atoms with Crippen LogP contribution in [0.3, 0.4) is 0 Å². The van der Waals surface area contributed by atoms with Gasteiger partial charge in [-0.1, -0.05) is 19.3 Å². The zero-order valence-corrected chi connectivity index (χ0v) is 14.7. The van der Waals surface area contributed by atoms with Crippen LogP contribution in [0.15, 0.2) is 12.4 Å². The van der Waals surface area contributed by atoms with Crippen LogP contribution in [-0.2, 0) is 9.59 Å². The maximum absolute atomic E-state index is 12.1. The summed E-state index contributed by atoms with van der Waals surface area (Å²) in [6.45, 7) is 1.92. The molecule has 1 saturated heterocycles. The lowest BCUT2D eigenvalue weighted by Gasteiger charge is -2.32. The molecule has 2 aliphatic rings. The molecular formula is C17H26N6O2. The Hall–Kier alpha value is -2.38. The van der Waals surface area contributed by atoms with Crippen LogP contribution in [0.1, 0.15) is 32.1 Å². The number of likely N-dealkylation sites (N-methyl/N-ethyl adjacent to an activating group) is 1.